The van der Waals surface area contributed by atoms with Gasteiger partial charge in [0.25, 0.3) is 0 Å². The molecule has 1 amide bonds. The number of hydrogen-bond acceptors (Lipinski definition) is 4. The number of nitrogens with one attached hydrogen (secondary N) is 2. The normalized spacial score (nSPS) is 16.1. The second-order valence-corrected chi connectivity index (χ2v) is 10.3. The monoisotopic (exact) mass is 429 g/mol. The van der Waals surface area contributed by atoms with Crippen molar-refractivity contribution in [3.8, 4) is 0 Å². The molecule has 1 saturated heterocycles. The maximum absolute atomic E-state index is 12.9. The van der Waals surface area contributed by atoms with Crippen LogP contribution in [0.5, 0.6) is 0 Å². The van der Waals surface area contributed by atoms with E-state index in [1.807, 2.05) is 44.2 Å². The predicted molar refractivity (Wildman–Crippen MR) is 120 cm³/mol. The van der Waals surface area contributed by atoms with E-state index in [9.17, 15) is 13.2 Å². The molecular weight excluding hydrogens is 398 g/mol. The van der Waals surface area contributed by atoms with E-state index in [4.69, 9.17) is 0 Å². The first-order chi connectivity index (χ1) is 14.1. The second-order valence-electron chi connectivity index (χ2n) is 8.58. The van der Waals surface area contributed by atoms with Gasteiger partial charge in [0.2, 0.25) is 15.9 Å². The SMILES string of the molecule is Cc1cc(N2CCCC2=O)ccc1S(=O)(=O)NCC(C)(C)NC(C)c1ccccc1. The molecule has 162 valence electrons. The largest absolute Gasteiger partial charge is 0.312 e. The molecule has 1 fully saturated rings. The first kappa shape index (κ1) is 22.5. The van der Waals surface area contributed by atoms with E-state index in [2.05, 4.69) is 17.0 Å². The van der Waals surface area contributed by atoms with Crippen molar-refractivity contribution < 1.29 is 13.2 Å². The van der Waals surface area contributed by atoms with Crippen LogP contribution in [0.1, 0.15) is 50.8 Å². The number of anilines is 1. The Morgan fingerprint density at radius 3 is 2.43 bits per heavy atom. The van der Waals surface area contributed by atoms with Crippen LogP contribution in [0.25, 0.3) is 0 Å². The summed E-state index contributed by atoms with van der Waals surface area (Å²) in [7, 11) is -3.67. The molecule has 6 nitrogen and oxygen atoms in total. The summed E-state index contributed by atoms with van der Waals surface area (Å²) in [5.41, 5.74) is 2.09. The highest BCUT2D eigenvalue weighted by molar-refractivity contribution is 7.89. The van der Waals surface area contributed by atoms with Gasteiger partial charge < -0.3 is 10.2 Å². The van der Waals surface area contributed by atoms with E-state index in [0.29, 0.717) is 18.5 Å². The van der Waals surface area contributed by atoms with Gasteiger partial charge in [-0.05, 0) is 63.4 Å². The van der Waals surface area contributed by atoms with E-state index < -0.39 is 15.6 Å². The standard InChI is InChI=1S/C23H31N3O3S/c1-17-15-20(26-14-8-11-22(26)27)12-13-21(17)30(28,29)24-16-23(3,4)25-18(2)19-9-6-5-7-10-19/h5-7,9-10,12-13,15,18,24-25H,8,11,14,16H2,1-4H3. The fourth-order valence-corrected chi connectivity index (χ4v) is 5.28. The molecule has 1 aliphatic heterocycles. The molecule has 3 rings (SSSR count). The van der Waals surface area contributed by atoms with E-state index in [-0.39, 0.29) is 23.4 Å². The van der Waals surface area contributed by atoms with E-state index >= 15 is 0 Å². The number of amides is 1. The Bertz CT molecular complexity index is 1000. The molecule has 0 bridgehead atoms. The van der Waals surface area contributed by atoms with Crippen molar-refractivity contribution in [3.63, 3.8) is 0 Å². The van der Waals surface area contributed by atoms with Gasteiger partial charge in [0, 0.05) is 36.8 Å². The molecule has 7 heteroatoms. The van der Waals surface area contributed by atoms with Gasteiger partial charge >= 0.3 is 0 Å². The maximum Gasteiger partial charge on any atom is 0.240 e. The number of carbonyl (C=O) groups excluding carboxylic acids is 1. The lowest BCUT2D eigenvalue weighted by Gasteiger charge is -2.31. The summed E-state index contributed by atoms with van der Waals surface area (Å²) in [5, 5.41) is 3.49. The molecule has 2 N–H and O–H groups in total. The topological polar surface area (TPSA) is 78.5 Å². The second kappa shape index (κ2) is 8.88. The van der Waals surface area contributed by atoms with E-state index in [1.165, 1.54) is 0 Å². The average molecular weight is 430 g/mol. The number of rotatable bonds is 8. The Balaban J connectivity index is 1.67. The summed E-state index contributed by atoms with van der Waals surface area (Å²) in [6.07, 6.45) is 1.38. The first-order valence-electron chi connectivity index (χ1n) is 10.3. The van der Waals surface area contributed by atoms with Crippen LogP contribution in [0.4, 0.5) is 5.69 Å². The molecular formula is C23H31N3O3S. The number of hydrogen-bond donors (Lipinski definition) is 2. The quantitative estimate of drug-likeness (QED) is 0.673. The zero-order valence-corrected chi connectivity index (χ0v) is 18.9. The fraction of sp³-hybridized carbons (Fsp3) is 0.435. The Labute approximate surface area is 179 Å². The molecule has 0 saturated carbocycles. The Morgan fingerprint density at radius 2 is 1.83 bits per heavy atom. The van der Waals surface area contributed by atoms with Gasteiger partial charge in [-0.1, -0.05) is 30.3 Å². The predicted octanol–water partition coefficient (Wildman–Crippen LogP) is 3.53. The highest BCUT2D eigenvalue weighted by Crippen LogP contribution is 2.26. The van der Waals surface area contributed by atoms with Crippen LogP contribution in [0.2, 0.25) is 0 Å². The zero-order chi connectivity index (χ0) is 21.9. The molecule has 1 heterocycles. The lowest BCUT2D eigenvalue weighted by molar-refractivity contribution is -0.117. The summed E-state index contributed by atoms with van der Waals surface area (Å²) in [4.78, 5) is 13.9. The summed E-state index contributed by atoms with van der Waals surface area (Å²) >= 11 is 0. The Kier molecular flexibility index (Phi) is 6.65. The van der Waals surface area contributed by atoms with Gasteiger partial charge in [-0.2, -0.15) is 0 Å². The molecule has 0 spiro atoms. The summed E-state index contributed by atoms with van der Waals surface area (Å²) in [6, 6.07) is 15.2. The lowest BCUT2D eigenvalue weighted by Crippen LogP contribution is -2.49. The molecule has 2 aromatic carbocycles. The highest BCUT2D eigenvalue weighted by Gasteiger charge is 2.26. The number of aryl methyl sites for hydroxylation is 1. The number of carbonyl (C=O) groups is 1. The van der Waals surface area contributed by atoms with Gasteiger partial charge in [0.15, 0.2) is 0 Å². The summed E-state index contributed by atoms with van der Waals surface area (Å²) < 4.78 is 28.6. The van der Waals surface area contributed by atoms with Crippen molar-refractivity contribution >= 4 is 21.6 Å². The smallest absolute Gasteiger partial charge is 0.240 e. The van der Waals surface area contributed by atoms with Crippen molar-refractivity contribution in [1.29, 1.82) is 0 Å². The van der Waals surface area contributed by atoms with Crippen molar-refractivity contribution in [2.24, 2.45) is 0 Å². The molecule has 1 aliphatic rings. The zero-order valence-electron chi connectivity index (χ0n) is 18.1. The number of sulfonamides is 1. The van der Waals surface area contributed by atoms with Crippen LogP contribution >= 0.6 is 0 Å². The molecule has 1 unspecified atom stereocenters. The van der Waals surface area contributed by atoms with Gasteiger partial charge in [0.05, 0.1) is 4.90 Å². The third-order valence-corrected chi connectivity index (χ3v) is 7.01. The van der Waals surface area contributed by atoms with Gasteiger partial charge in [-0.3, -0.25) is 4.79 Å². The van der Waals surface area contributed by atoms with E-state index in [0.717, 1.165) is 17.7 Å². The third kappa shape index (κ3) is 5.28. The minimum Gasteiger partial charge on any atom is -0.312 e. The van der Waals surface area contributed by atoms with Gasteiger partial charge in [-0.15, -0.1) is 0 Å². The van der Waals surface area contributed by atoms with Crippen LogP contribution in [-0.4, -0.2) is 33.0 Å². The van der Waals surface area contributed by atoms with Crippen LogP contribution in [-0.2, 0) is 14.8 Å². The Hall–Kier alpha value is -2.22. The molecule has 1 atom stereocenters. The van der Waals surface area contributed by atoms with Gasteiger partial charge in [-0.25, -0.2) is 13.1 Å². The molecule has 0 aliphatic carbocycles. The minimum absolute atomic E-state index is 0.0866. The third-order valence-electron chi connectivity index (χ3n) is 5.44. The maximum atomic E-state index is 12.9. The number of benzene rings is 2. The van der Waals surface area contributed by atoms with Crippen molar-refractivity contribution in [1.82, 2.24) is 10.0 Å². The van der Waals surface area contributed by atoms with Gasteiger partial charge in [0.1, 0.15) is 0 Å². The fourth-order valence-electron chi connectivity index (χ4n) is 3.84. The average Bonchev–Trinajstić information content (AvgIpc) is 3.12. The first-order valence-corrected chi connectivity index (χ1v) is 11.8. The number of nitrogens with zero attached hydrogens (tertiary/aromatic N) is 1. The van der Waals surface area contributed by atoms with Crippen LogP contribution in [0.15, 0.2) is 53.4 Å². The lowest BCUT2D eigenvalue weighted by atomic mass is 10.0. The van der Waals surface area contributed by atoms with E-state index in [1.54, 1.807) is 30.0 Å². The van der Waals surface area contributed by atoms with Crippen LogP contribution in [0.3, 0.4) is 0 Å². The van der Waals surface area contributed by atoms with Crippen molar-refractivity contribution in [2.75, 3.05) is 18.0 Å². The molecule has 0 aromatic heterocycles. The van der Waals surface area contributed by atoms with Crippen molar-refractivity contribution in [2.45, 2.75) is 57.0 Å². The highest BCUT2D eigenvalue weighted by atomic mass is 32.2. The Morgan fingerprint density at radius 1 is 1.13 bits per heavy atom. The summed E-state index contributed by atoms with van der Waals surface area (Å²) in [5.74, 6) is 0.0866. The van der Waals surface area contributed by atoms with Crippen LogP contribution < -0.4 is 14.9 Å². The summed E-state index contributed by atoms with van der Waals surface area (Å²) in [6.45, 7) is 8.71. The van der Waals surface area contributed by atoms with Crippen LogP contribution in [0, 0.1) is 6.92 Å². The minimum atomic E-state index is -3.67. The van der Waals surface area contributed by atoms with Crippen molar-refractivity contribution in [3.05, 3.63) is 59.7 Å². The molecule has 30 heavy (non-hydrogen) atoms. The molecule has 0 radical (unpaired) electrons. The molecule has 2 aromatic rings.